The number of anilines is 1. The van der Waals surface area contributed by atoms with Crippen LogP contribution in [0.2, 0.25) is 0 Å². The maximum absolute atomic E-state index is 12.0. The van der Waals surface area contributed by atoms with Gasteiger partial charge < -0.3 is 4.74 Å². The van der Waals surface area contributed by atoms with Crippen LogP contribution >= 0.6 is 11.8 Å². The molecule has 0 heterocycles. The number of Topliss-reactive ketones (excluding diaryl/α,β-unsaturated/α-hetero) is 2. The number of sulfonamides is 1. The van der Waals surface area contributed by atoms with Crippen LogP contribution in [0.5, 0.6) is 0 Å². The van der Waals surface area contributed by atoms with Crippen molar-refractivity contribution in [2.24, 2.45) is 5.92 Å². The molecule has 120 valence electrons. The number of carbonyl (C=O) groups is 2. The third-order valence-electron chi connectivity index (χ3n) is 3.27. The number of ketones is 2. The van der Waals surface area contributed by atoms with Crippen LogP contribution in [0.15, 0.2) is 24.3 Å². The van der Waals surface area contributed by atoms with Crippen molar-refractivity contribution in [2.75, 3.05) is 16.9 Å². The molecule has 8 heteroatoms. The first-order valence-corrected chi connectivity index (χ1v) is 8.63. The molecule has 1 aliphatic rings. The van der Waals surface area contributed by atoms with Crippen LogP contribution in [-0.2, 0) is 19.6 Å². The number of nitrogens with zero attached hydrogens (tertiary/aromatic N) is 1. The van der Waals surface area contributed by atoms with Crippen molar-refractivity contribution in [1.82, 2.24) is 0 Å². The fraction of sp³-hybridized carbons (Fsp3) is 0.429. The Hall–Kier alpha value is -1.44. The van der Waals surface area contributed by atoms with Gasteiger partial charge in [0, 0.05) is 30.4 Å². The van der Waals surface area contributed by atoms with Crippen molar-refractivity contribution < 1.29 is 22.7 Å². The second-order valence-corrected chi connectivity index (χ2v) is 7.42. The average molecular weight is 346 g/mol. The van der Waals surface area contributed by atoms with Gasteiger partial charge in [0.05, 0.1) is 12.1 Å². The fourth-order valence-corrected chi connectivity index (χ4v) is 3.00. The molecule has 1 aliphatic carbocycles. The lowest BCUT2D eigenvalue weighted by Gasteiger charge is -2.15. The lowest BCUT2D eigenvalue weighted by atomic mass is 10.0. The van der Waals surface area contributed by atoms with Gasteiger partial charge >= 0.3 is 0 Å². The molecule has 1 aromatic carbocycles. The molecule has 0 atom stereocenters. The van der Waals surface area contributed by atoms with Crippen molar-refractivity contribution in [3.8, 4) is 0 Å². The van der Waals surface area contributed by atoms with E-state index in [1.807, 2.05) is 0 Å². The Morgan fingerprint density at radius 2 is 1.86 bits per heavy atom. The molecule has 1 saturated carbocycles. The van der Waals surface area contributed by atoms with Gasteiger partial charge in [-0.15, -0.1) is 0 Å². The van der Waals surface area contributed by atoms with E-state index in [4.69, 9.17) is 11.8 Å². The maximum Gasteiger partial charge on any atom is 0.273 e. The van der Waals surface area contributed by atoms with E-state index in [2.05, 4.69) is 4.74 Å². The highest BCUT2D eigenvalue weighted by Gasteiger charge is 2.30. The summed E-state index contributed by atoms with van der Waals surface area (Å²) in [6.45, 7) is 0. The number of halogens is 1. The summed E-state index contributed by atoms with van der Waals surface area (Å²) in [6, 6.07) is 5.73. The van der Waals surface area contributed by atoms with Crippen LogP contribution in [0.4, 0.5) is 5.69 Å². The zero-order valence-electron chi connectivity index (χ0n) is 12.0. The molecule has 0 aromatic heterocycles. The highest BCUT2D eigenvalue weighted by atomic mass is 35.5. The van der Waals surface area contributed by atoms with Gasteiger partial charge in [-0.05, 0) is 37.1 Å². The second-order valence-electron chi connectivity index (χ2n) is 5.12. The molecular weight excluding hydrogens is 330 g/mol. The number of hydrogen-bond donors (Lipinski definition) is 0. The molecule has 6 nitrogen and oxygen atoms in total. The lowest BCUT2D eigenvalue weighted by Crippen LogP contribution is -2.25. The first kappa shape index (κ1) is 16.9. The quantitative estimate of drug-likeness (QED) is 0.409. The molecule has 0 saturated heterocycles. The molecular formula is C14H16ClNO5S. The Morgan fingerprint density at radius 1 is 1.27 bits per heavy atom. The van der Waals surface area contributed by atoms with E-state index in [0.717, 1.165) is 12.8 Å². The number of methoxy groups -OCH3 is 1. The summed E-state index contributed by atoms with van der Waals surface area (Å²) in [4.78, 5) is 23.6. The minimum atomic E-state index is -3.78. The van der Waals surface area contributed by atoms with Crippen LogP contribution in [0, 0.1) is 5.92 Å². The van der Waals surface area contributed by atoms with Crippen LogP contribution in [-0.4, -0.2) is 33.0 Å². The number of carbonyl (C=O) groups excluding carboxylic acids is 2. The van der Waals surface area contributed by atoms with Crippen LogP contribution in [0.25, 0.3) is 0 Å². The molecule has 0 N–H and O–H groups in total. The Labute approximate surface area is 134 Å². The Bertz CT molecular complexity index is 667. The molecule has 0 bridgehead atoms. The zero-order valence-corrected chi connectivity index (χ0v) is 13.6. The van der Waals surface area contributed by atoms with Crippen LogP contribution in [0.1, 0.15) is 29.6 Å². The summed E-state index contributed by atoms with van der Waals surface area (Å²) in [5.41, 5.74) is 0.552. The highest BCUT2D eigenvalue weighted by Crippen LogP contribution is 2.31. The molecule has 2 rings (SSSR count). The minimum Gasteiger partial charge on any atom is -0.367 e. The molecule has 1 aromatic rings. The fourth-order valence-electron chi connectivity index (χ4n) is 1.93. The number of ether oxygens (including phenoxy) is 1. The maximum atomic E-state index is 12.0. The zero-order chi connectivity index (χ0) is 16.3. The Kier molecular flexibility index (Phi) is 5.20. The smallest absolute Gasteiger partial charge is 0.273 e. The summed E-state index contributed by atoms with van der Waals surface area (Å²) in [7, 11) is -2.53. The van der Waals surface area contributed by atoms with E-state index < -0.39 is 16.0 Å². The predicted molar refractivity (Wildman–Crippen MR) is 82.2 cm³/mol. The minimum absolute atomic E-state index is 0.0317. The third-order valence-corrected chi connectivity index (χ3v) is 5.33. The van der Waals surface area contributed by atoms with E-state index in [1.165, 1.54) is 31.4 Å². The number of hydrogen-bond acceptors (Lipinski definition) is 5. The van der Waals surface area contributed by atoms with Gasteiger partial charge in [0.25, 0.3) is 10.0 Å². The molecule has 0 unspecified atom stereocenters. The molecule has 0 radical (unpaired) electrons. The van der Waals surface area contributed by atoms with E-state index in [9.17, 15) is 18.0 Å². The molecule has 1 fully saturated rings. The summed E-state index contributed by atoms with van der Waals surface area (Å²) >= 11 is 5.77. The van der Waals surface area contributed by atoms with Gasteiger partial charge in [-0.3, -0.25) is 9.59 Å². The SMILES string of the molecule is COCS(=O)(=O)N(Cl)c1ccc(C(=O)CC(=O)C2CC2)cc1. The standard InChI is InChI=1S/C14H16ClNO5S/c1-21-9-22(19,20)16(15)12-6-4-11(5-7-12)14(18)8-13(17)10-2-3-10/h4-7,10H,2-3,8-9H2,1H3. The average Bonchev–Trinajstić information content (AvgIpc) is 3.31. The highest BCUT2D eigenvalue weighted by molar-refractivity contribution is 7.93. The lowest BCUT2D eigenvalue weighted by molar-refractivity contribution is -0.119. The van der Waals surface area contributed by atoms with Gasteiger partial charge in [-0.25, -0.2) is 8.42 Å². The van der Waals surface area contributed by atoms with Gasteiger partial charge in [-0.1, -0.05) is 0 Å². The molecule has 0 amide bonds. The van der Waals surface area contributed by atoms with Gasteiger partial charge in [-0.2, -0.15) is 3.82 Å². The Morgan fingerprint density at radius 3 is 2.36 bits per heavy atom. The first-order chi connectivity index (χ1) is 10.3. The topological polar surface area (TPSA) is 80.8 Å². The van der Waals surface area contributed by atoms with Gasteiger partial charge in [0.15, 0.2) is 11.7 Å². The van der Waals surface area contributed by atoms with Crippen LogP contribution < -0.4 is 3.82 Å². The van der Waals surface area contributed by atoms with Crippen LogP contribution in [0.3, 0.4) is 0 Å². The Balaban J connectivity index is 2.06. The van der Waals surface area contributed by atoms with Gasteiger partial charge in [0.2, 0.25) is 0 Å². The van der Waals surface area contributed by atoms with Crippen molar-refractivity contribution in [2.45, 2.75) is 19.3 Å². The van der Waals surface area contributed by atoms with E-state index in [0.29, 0.717) is 9.39 Å². The second kappa shape index (κ2) is 6.76. The first-order valence-electron chi connectivity index (χ1n) is 6.69. The monoisotopic (exact) mass is 345 g/mol. The normalized spacial score (nSPS) is 14.6. The third kappa shape index (κ3) is 4.06. The van der Waals surface area contributed by atoms with Gasteiger partial charge in [0.1, 0.15) is 5.78 Å². The summed E-state index contributed by atoms with van der Waals surface area (Å²) < 4.78 is 28.6. The van der Waals surface area contributed by atoms with E-state index >= 15 is 0 Å². The van der Waals surface area contributed by atoms with Crippen molar-refractivity contribution >= 4 is 39.1 Å². The van der Waals surface area contributed by atoms with Crippen molar-refractivity contribution in [3.05, 3.63) is 29.8 Å². The number of benzene rings is 1. The molecule has 0 spiro atoms. The number of rotatable bonds is 8. The van der Waals surface area contributed by atoms with Crippen molar-refractivity contribution in [1.29, 1.82) is 0 Å². The van der Waals surface area contributed by atoms with E-state index in [1.54, 1.807) is 0 Å². The molecule has 0 aliphatic heterocycles. The van der Waals surface area contributed by atoms with Crippen molar-refractivity contribution in [3.63, 3.8) is 0 Å². The predicted octanol–water partition coefficient (Wildman–Crippen LogP) is 2.13. The summed E-state index contributed by atoms with van der Waals surface area (Å²) in [6.07, 6.45) is 1.61. The summed E-state index contributed by atoms with van der Waals surface area (Å²) in [5.74, 6) is -0.812. The van der Waals surface area contributed by atoms with E-state index in [-0.39, 0.29) is 29.6 Å². The largest absolute Gasteiger partial charge is 0.367 e. The summed E-state index contributed by atoms with van der Waals surface area (Å²) in [5, 5.41) is 0. The molecule has 22 heavy (non-hydrogen) atoms.